The Balaban J connectivity index is 1.77. The van der Waals surface area contributed by atoms with E-state index in [0.29, 0.717) is 13.0 Å². The molecule has 4 nitrogen and oxygen atoms in total. The molecule has 26 heavy (non-hydrogen) atoms. The van der Waals surface area contributed by atoms with Gasteiger partial charge in [0, 0.05) is 24.1 Å². The first-order chi connectivity index (χ1) is 12.6. The maximum absolute atomic E-state index is 13.1. The highest BCUT2D eigenvalue weighted by atomic mass is 19.1. The first-order valence-corrected chi connectivity index (χ1v) is 8.38. The second kappa shape index (κ2) is 6.59. The SMILES string of the molecule is O=[N+]([O-])c1cccc(-c2cc(Cc3ccc(F)cc3)cc3c2OCC3)c1. The molecule has 0 fully saturated rings. The summed E-state index contributed by atoms with van der Waals surface area (Å²) in [6, 6.07) is 17.1. The summed E-state index contributed by atoms with van der Waals surface area (Å²) in [5.74, 6) is 0.543. The van der Waals surface area contributed by atoms with Crippen LogP contribution in [0.4, 0.5) is 10.1 Å². The van der Waals surface area contributed by atoms with Crippen molar-refractivity contribution in [2.75, 3.05) is 6.61 Å². The third-order valence-corrected chi connectivity index (χ3v) is 4.53. The fourth-order valence-corrected chi connectivity index (χ4v) is 3.32. The van der Waals surface area contributed by atoms with Crippen molar-refractivity contribution in [1.82, 2.24) is 0 Å². The summed E-state index contributed by atoms with van der Waals surface area (Å²) >= 11 is 0. The molecule has 0 saturated heterocycles. The van der Waals surface area contributed by atoms with Crippen molar-refractivity contribution in [3.63, 3.8) is 0 Å². The molecule has 1 heterocycles. The van der Waals surface area contributed by atoms with Gasteiger partial charge in [-0.05, 0) is 46.9 Å². The molecule has 3 aromatic rings. The minimum absolute atomic E-state index is 0.0539. The smallest absolute Gasteiger partial charge is 0.270 e. The van der Waals surface area contributed by atoms with Crippen LogP contribution < -0.4 is 4.74 Å². The number of nitro benzene ring substituents is 1. The highest BCUT2D eigenvalue weighted by Crippen LogP contribution is 2.39. The predicted molar refractivity (Wildman–Crippen MR) is 96.9 cm³/mol. The van der Waals surface area contributed by atoms with E-state index in [0.717, 1.165) is 40.0 Å². The second-order valence-electron chi connectivity index (χ2n) is 6.34. The lowest BCUT2D eigenvalue weighted by molar-refractivity contribution is -0.384. The molecule has 3 aromatic carbocycles. The highest BCUT2D eigenvalue weighted by Gasteiger charge is 2.20. The van der Waals surface area contributed by atoms with E-state index in [1.54, 1.807) is 24.3 Å². The Morgan fingerprint density at radius 1 is 1.04 bits per heavy atom. The van der Waals surface area contributed by atoms with Gasteiger partial charge < -0.3 is 4.74 Å². The Labute approximate surface area is 150 Å². The van der Waals surface area contributed by atoms with Gasteiger partial charge in [-0.25, -0.2) is 4.39 Å². The standard InChI is InChI=1S/C21H16FNO3/c22-18-6-4-14(5-7-18)10-15-11-17-8-9-26-21(17)20(12-15)16-2-1-3-19(13-16)23(24)25/h1-7,11-13H,8-10H2. The van der Waals surface area contributed by atoms with Crippen LogP contribution in [0.15, 0.2) is 60.7 Å². The van der Waals surface area contributed by atoms with Crippen LogP contribution in [-0.2, 0) is 12.8 Å². The van der Waals surface area contributed by atoms with Gasteiger partial charge in [0.1, 0.15) is 11.6 Å². The summed E-state index contributed by atoms with van der Waals surface area (Å²) in [4.78, 5) is 10.7. The predicted octanol–water partition coefficient (Wildman–Crippen LogP) is 4.93. The molecule has 1 aliphatic rings. The topological polar surface area (TPSA) is 52.4 Å². The number of nitrogens with zero attached hydrogens (tertiary/aromatic N) is 1. The number of rotatable bonds is 4. The van der Waals surface area contributed by atoms with E-state index >= 15 is 0 Å². The van der Waals surface area contributed by atoms with Gasteiger partial charge >= 0.3 is 0 Å². The Bertz CT molecular complexity index is 983. The van der Waals surface area contributed by atoms with Gasteiger partial charge in [-0.15, -0.1) is 0 Å². The van der Waals surface area contributed by atoms with E-state index in [4.69, 9.17) is 4.74 Å². The minimum atomic E-state index is -0.396. The lowest BCUT2D eigenvalue weighted by Gasteiger charge is -2.12. The summed E-state index contributed by atoms with van der Waals surface area (Å²) in [5.41, 5.74) is 4.86. The van der Waals surface area contributed by atoms with Crippen molar-refractivity contribution in [1.29, 1.82) is 0 Å². The molecule has 0 amide bonds. The number of nitro groups is 1. The average Bonchev–Trinajstić information content (AvgIpc) is 3.11. The van der Waals surface area contributed by atoms with Gasteiger partial charge in [-0.3, -0.25) is 10.1 Å². The maximum Gasteiger partial charge on any atom is 0.270 e. The van der Waals surface area contributed by atoms with Crippen LogP contribution in [0.3, 0.4) is 0 Å². The Kier molecular flexibility index (Phi) is 4.13. The molecular weight excluding hydrogens is 333 g/mol. The molecule has 4 rings (SSSR count). The van der Waals surface area contributed by atoms with Crippen molar-refractivity contribution in [3.8, 4) is 16.9 Å². The number of ether oxygens (including phenoxy) is 1. The Hall–Kier alpha value is -3.21. The van der Waals surface area contributed by atoms with Gasteiger partial charge in [-0.2, -0.15) is 0 Å². The number of non-ortho nitro benzene ring substituents is 1. The monoisotopic (exact) mass is 349 g/mol. The molecule has 0 unspecified atom stereocenters. The van der Waals surface area contributed by atoms with Crippen LogP contribution >= 0.6 is 0 Å². The van der Waals surface area contributed by atoms with E-state index in [-0.39, 0.29) is 11.5 Å². The normalized spacial score (nSPS) is 12.5. The van der Waals surface area contributed by atoms with Crippen molar-refractivity contribution in [2.45, 2.75) is 12.8 Å². The summed E-state index contributed by atoms with van der Waals surface area (Å²) in [6.45, 7) is 0.608. The lowest BCUT2D eigenvalue weighted by Crippen LogP contribution is -1.94. The number of hydrogen-bond donors (Lipinski definition) is 0. The number of halogens is 1. The second-order valence-corrected chi connectivity index (χ2v) is 6.34. The molecule has 0 saturated carbocycles. The molecule has 0 bridgehead atoms. The molecule has 0 aliphatic carbocycles. The van der Waals surface area contributed by atoms with Crippen molar-refractivity contribution < 1.29 is 14.1 Å². The fourth-order valence-electron chi connectivity index (χ4n) is 3.32. The Morgan fingerprint density at radius 3 is 2.62 bits per heavy atom. The Morgan fingerprint density at radius 2 is 1.85 bits per heavy atom. The van der Waals surface area contributed by atoms with E-state index < -0.39 is 4.92 Å². The van der Waals surface area contributed by atoms with Crippen LogP contribution in [0.25, 0.3) is 11.1 Å². The van der Waals surface area contributed by atoms with Crippen molar-refractivity contribution in [2.24, 2.45) is 0 Å². The van der Waals surface area contributed by atoms with Crippen LogP contribution in [0, 0.1) is 15.9 Å². The minimum Gasteiger partial charge on any atom is -0.492 e. The first kappa shape index (κ1) is 16.3. The maximum atomic E-state index is 13.1. The van der Waals surface area contributed by atoms with Gasteiger partial charge in [0.25, 0.3) is 5.69 Å². The molecule has 0 atom stereocenters. The molecule has 5 heteroatoms. The van der Waals surface area contributed by atoms with E-state index in [1.807, 2.05) is 12.1 Å². The zero-order valence-corrected chi connectivity index (χ0v) is 13.9. The van der Waals surface area contributed by atoms with Gasteiger partial charge in [0.15, 0.2) is 0 Å². The first-order valence-electron chi connectivity index (χ1n) is 8.38. The molecule has 130 valence electrons. The van der Waals surface area contributed by atoms with Crippen molar-refractivity contribution >= 4 is 5.69 Å². The highest BCUT2D eigenvalue weighted by molar-refractivity contribution is 5.75. The summed E-state index contributed by atoms with van der Waals surface area (Å²) < 4.78 is 18.9. The number of fused-ring (bicyclic) bond motifs is 1. The molecule has 0 aromatic heterocycles. The summed E-state index contributed by atoms with van der Waals surface area (Å²) in [5, 5.41) is 11.1. The molecule has 1 aliphatic heterocycles. The van der Waals surface area contributed by atoms with Gasteiger partial charge in [-0.1, -0.05) is 30.3 Å². The zero-order chi connectivity index (χ0) is 18.1. The summed E-state index contributed by atoms with van der Waals surface area (Å²) in [7, 11) is 0. The fraction of sp³-hybridized carbons (Fsp3) is 0.143. The van der Waals surface area contributed by atoms with Crippen molar-refractivity contribution in [3.05, 3.63) is 93.3 Å². The van der Waals surface area contributed by atoms with Gasteiger partial charge in [0.05, 0.1) is 11.5 Å². The molecular formula is C21H16FNO3. The third-order valence-electron chi connectivity index (χ3n) is 4.53. The van der Waals surface area contributed by atoms with Crippen LogP contribution in [0.2, 0.25) is 0 Å². The largest absolute Gasteiger partial charge is 0.492 e. The van der Waals surface area contributed by atoms with E-state index in [2.05, 4.69) is 6.07 Å². The molecule has 0 spiro atoms. The van der Waals surface area contributed by atoms with Crippen LogP contribution in [-0.4, -0.2) is 11.5 Å². The number of benzene rings is 3. The zero-order valence-electron chi connectivity index (χ0n) is 13.9. The van der Waals surface area contributed by atoms with Crippen LogP contribution in [0.5, 0.6) is 5.75 Å². The van der Waals surface area contributed by atoms with Crippen LogP contribution in [0.1, 0.15) is 16.7 Å². The van der Waals surface area contributed by atoms with Gasteiger partial charge in [0.2, 0.25) is 0 Å². The molecule has 0 radical (unpaired) electrons. The third kappa shape index (κ3) is 3.16. The van der Waals surface area contributed by atoms with E-state index in [9.17, 15) is 14.5 Å². The average molecular weight is 349 g/mol. The molecule has 0 N–H and O–H groups in total. The summed E-state index contributed by atoms with van der Waals surface area (Å²) in [6.07, 6.45) is 1.48. The quantitative estimate of drug-likeness (QED) is 0.496. The van der Waals surface area contributed by atoms with E-state index in [1.165, 1.54) is 18.2 Å². The lowest BCUT2D eigenvalue weighted by atomic mass is 9.94. The number of hydrogen-bond acceptors (Lipinski definition) is 3.